The second-order valence-corrected chi connectivity index (χ2v) is 5.95. The van der Waals surface area contributed by atoms with E-state index < -0.39 is 0 Å². The van der Waals surface area contributed by atoms with Crippen molar-refractivity contribution < 1.29 is 4.79 Å². The highest BCUT2D eigenvalue weighted by Crippen LogP contribution is 2.14. The molecule has 122 valence electrons. The zero-order valence-electron chi connectivity index (χ0n) is 13.8. The van der Waals surface area contributed by atoms with Crippen molar-refractivity contribution in [1.82, 2.24) is 9.80 Å². The lowest BCUT2D eigenvalue weighted by Crippen LogP contribution is -2.45. The number of amides is 1. The zero-order chi connectivity index (χ0) is 15.8. The predicted molar refractivity (Wildman–Crippen MR) is 92.4 cm³/mol. The van der Waals surface area contributed by atoms with Gasteiger partial charge in [0.1, 0.15) is 0 Å². The summed E-state index contributed by atoms with van der Waals surface area (Å²) in [5, 5.41) is 6.29. The quantitative estimate of drug-likeness (QED) is 0.810. The van der Waals surface area contributed by atoms with E-state index in [1.807, 2.05) is 24.3 Å². The summed E-state index contributed by atoms with van der Waals surface area (Å²) in [6.07, 6.45) is 1.66. The molecule has 22 heavy (non-hydrogen) atoms. The summed E-state index contributed by atoms with van der Waals surface area (Å²) in [6.45, 7) is 8.25. The molecular formula is C17H28N4O. The number of hydrogen-bond donors (Lipinski definition) is 2. The Bertz CT molecular complexity index is 452. The van der Waals surface area contributed by atoms with Gasteiger partial charge in [0.05, 0.1) is 0 Å². The third kappa shape index (κ3) is 5.66. The molecule has 1 fully saturated rings. The van der Waals surface area contributed by atoms with Gasteiger partial charge in [-0.1, -0.05) is 6.92 Å². The number of nitrogens with zero attached hydrogens (tertiary/aromatic N) is 2. The molecule has 5 nitrogen and oxygen atoms in total. The minimum Gasteiger partial charge on any atom is -0.385 e. The minimum atomic E-state index is 0.0909. The van der Waals surface area contributed by atoms with Crippen LogP contribution >= 0.6 is 0 Å². The van der Waals surface area contributed by atoms with Gasteiger partial charge in [-0.25, -0.2) is 0 Å². The molecule has 1 heterocycles. The maximum absolute atomic E-state index is 12.0. The van der Waals surface area contributed by atoms with Crippen molar-refractivity contribution in [3.8, 4) is 0 Å². The first-order valence-electron chi connectivity index (χ1n) is 8.22. The van der Waals surface area contributed by atoms with Gasteiger partial charge in [0.25, 0.3) is 0 Å². The van der Waals surface area contributed by atoms with Crippen LogP contribution in [-0.2, 0) is 4.79 Å². The highest BCUT2D eigenvalue weighted by atomic mass is 16.1. The zero-order valence-corrected chi connectivity index (χ0v) is 13.8. The Balaban J connectivity index is 1.70. The van der Waals surface area contributed by atoms with Crippen LogP contribution in [0.2, 0.25) is 0 Å². The molecule has 1 saturated heterocycles. The van der Waals surface area contributed by atoms with Crippen molar-refractivity contribution in [3.05, 3.63) is 24.3 Å². The van der Waals surface area contributed by atoms with E-state index in [0.29, 0.717) is 6.42 Å². The van der Waals surface area contributed by atoms with Crippen molar-refractivity contribution in [3.63, 3.8) is 0 Å². The molecule has 2 rings (SSSR count). The molecule has 0 aliphatic carbocycles. The SMILES string of the molecule is CCCNc1ccc(NC(=O)CCN2CCN(C)CC2)cc1. The lowest BCUT2D eigenvalue weighted by molar-refractivity contribution is -0.116. The molecule has 1 aliphatic heterocycles. The van der Waals surface area contributed by atoms with Crippen LogP contribution < -0.4 is 10.6 Å². The van der Waals surface area contributed by atoms with E-state index in [4.69, 9.17) is 0 Å². The summed E-state index contributed by atoms with van der Waals surface area (Å²) < 4.78 is 0. The number of anilines is 2. The summed E-state index contributed by atoms with van der Waals surface area (Å²) in [5.74, 6) is 0.0909. The maximum Gasteiger partial charge on any atom is 0.225 e. The fraction of sp³-hybridized carbons (Fsp3) is 0.588. The van der Waals surface area contributed by atoms with Gasteiger partial charge in [-0.3, -0.25) is 4.79 Å². The summed E-state index contributed by atoms with van der Waals surface area (Å²) in [6, 6.07) is 7.91. The lowest BCUT2D eigenvalue weighted by Gasteiger charge is -2.32. The number of carbonyl (C=O) groups excluding carboxylic acids is 1. The maximum atomic E-state index is 12.0. The fourth-order valence-corrected chi connectivity index (χ4v) is 2.50. The van der Waals surface area contributed by atoms with Gasteiger partial charge in [0.15, 0.2) is 0 Å². The summed E-state index contributed by atoms with van der Waals surface area (Å²) in [4.78, 5) is 16.7. The average molecular weight is 304 g/mol. The minimum absolute atomic E-state index is 0.0909. The molecule has 0 saturated carbocycles. The monoisotopic (exact) mass is 304 g/mol. The number of hydrogen-bond acceptors (Lipinski definition) is 4. The van der Waals surface area contributed by atoms with Gasteiger partial charge in [0.2, 0.25) is 5.91 Å². The highest BCUT2D eigenvalue weighted by molar-refractivity contribution is 5.90. The normalized spacial score (nSPS) is 16.5. The van der Waals surface area contributed by atoms with Gasteiger partial charge >= 0.3 is 0 Å². The molecule has 1 aromatic rings. The van der Waals surface area contributed by atoms with Crippen molar-refractivity contribution >= 4 is 17.3 Å². The Morgan fingerprint density at radius 1 is 1.09 bits per heavy atom. The Morgan fingerprint density at radius 2 is 1.73 bits per heavy atom. The standard InChI is InChI=1S/C17H28N4O/c1-3-9-18-15-4-6-16(7-5-15)19-17(22)8-10-21-13-11-20(2)12-14-21/h4-7,18H,3,8-14H2,1-2H3,(H,19,22). The van der Waals surface area contributed by atoms with Gasteiger partial charge in [-0.2, -0.15) is 0 Å². The molecule has 1 aliphatic rings. The molecule has 1 aromatic carbocycles. The van der Waals surface area contributed by atoms with Gasteiger partial charge in [-0.15, -0.1) is 0 Å². The van der Waals surface area contributed by atoms with E-state index in [-0.39, 0.29) is 5.91 Å². The average Bonchev–Trinajstić information content (AvgIpc) is 2.54. The van der Waals surface area contributed by atoms with Gasteiger partial charge in [-0.05, 0) is 37.7 Å². The first-order valence-corrected chi connectivity index (χ1v) is 8.22. The van der Waals surface area contributed by atoms with Crippen molar-refractivity contribution in [1.29, 1.82) is 0 Å². The number of likely N-dealkylation sites (N-methyl/N-ethyl adjacent to an activating group) is 1. The summed E-state index contributed by atoms with van der Waals surface area (Å²) in [5.41, 5.74) is 1.96. The third-order valence-electron chi connectivity index (χ3n) is 4.00. The molecule has 0 aromatic heterocycles. The summed E-state index contributed by atoms with van der Waals surface area (Å²) in [7, 11) is 2.14. The molecule has 0 spiro atoms. The Hall–Kier alpha value is -1.59. The Labute approximate surface area is 133 Å². The smallest absolute Gasteiger partial charge is 0.225 e. The molecule has 0 atom stereocenters. The molecule has 0 unspecified atom stereocenters. The van der Waals surface area contributed by atoms with Gasteiger partial charge < -0.3 is 20.4 Å². The van der Waals surface area contributed by atoms with Crippen molar-refractivity contribution in [2.45, 2.75) is 19.8 Å². The van der Waals surface area contributed by atoms with Crippen LogP contribution in [0.15, 0.2) is 24.3 Å². The van der Waals surface area contributed by atoms with Gasteiger partial charge in [0, 0.05) is 57.1 Å². The first kappa shape index (κ1) is 16.8. The number of rotatable bonds is 7. The van der Waals surface area contributed by atoms with Crippen LogP contribution in [-0.4, -0.2) is 62.0 Å². The van der Waals surface area contributed by atoms with E-state index in [9.17, 15) is 4.79 Å². The van der Waals surface area contributed by atoms with E-state index in [1.54, 1.807) is 0 Å². The summed E-state index contributed by atoms with van der Waals surface area (Å²) >= 11 is 0. The van der Waals surface area contributed by atoms with Crippen LogP contribution in [0.25, 0.3) is 0 Å². The van der Waals surface area contributed by atoms with E-state index in [2.05, 4.69) is 34.4 Å². The molecule has 0 radical (unpaired) electrons. The number of carbonyl (C=O) groups is 1. The fourth-order valence-electron chi connectivity index (χ4n) is 2.50. The highest BCUT2D eigenvalue weighted by Gasteiger charge is 2.14. The Morgan fingerprint density at radius 3 is 2.36 bits per heavy atom. The molecule has 2 N–H and O–H groups in total. The van der Waals surface area contributed by atoms with Crippen LogP contribution in [0.4, 0.5) is 11.4 Å². The van der Waals surface area contributed by atoms with Crippen LogP contribution in [0.5, 0.6) is 0 Å². The second-order valence-electron chi connectivity index (χ2n) is 5.95. The lowest BCUT2D eigenvalue weighted by atomic mass is 10.2. The third-order valence-corrected chi connectivity index (χ3v) is 4.00. The second kappa shape index (κ2) is 8.76. The largest absolute Gasteiger partial charge is 0.385 e. The van der Waals surface area contributed by atoms with Crippen LogP contribution in [0, 0.1) is 0 Å². The molecule has 0 bridgehead atoms. The van der Waals surface area contributed by atoms with Crippen LogP contribution in [0.3, 0.4) is 0 Å². The molecule has 1 amide bonds. The first-order chi connectivity index (χ1) is 10.7. The number of nitrogens with one attached hydrogen (secondary N) is 2. The predicted octanol–water partition coefficient (Wildman–Crippen LogP) is 2.08. The number of piperazine rings is 1. The van der Waals surface area contributed by atoms with Crippen molar-refractivity contribution in [2.24, 2.45) is 0 Å². The Kier molecular flexibility index (Phi) is 6.68. The van der Waals surface area contributed by atoms with E-state index in [0.717, 1.165) is 57.1 Å². The van der Waals surface area contributed by atoms with Crippen molar-refractivity contribution in [2.75, 3.05) is 56.9 Å². The van der Waals surface area contributed by atoms with Crippen LogP contribution in [0.1, 0.15) is 19.8 Å². The topological polar surface area (TPSA) is 47.6 Å². The van der Waals surface area contributed by atoms with E-state index >= 15 is 0 Å². The molecular weight excluding hydrogens is 276 g/mol. The van der Waals surface area contributed by atoms with E-state index in [1.165, 1.54) is 0 Å². The number of benzene rings is 1. The molecule has 5 heteroatoms.